The number of rotatable bonds is 5. The Hall–Kier alpha value is -1.88. The monoisotopic (exact) mass is 334 g/mol. The molecule has 0 spiro atoms. The predicted octanol–water partition coefficient (Wildman–Crippen LogP) is 3.23. The minimum Gasteiger partial charge on any atom is -0.460 e. The summed E-state index contributed by atoms with van der Waals surface area (Å²) in [7, 11) is 0. The molecule has 0 amide bonds. The van der Waals surface area contributed by atoms with Gasteiger partial charge >= 0.3 is 11.9 Å². The van der Waals surface area contributed by atoms with Crippen molar-refractivity contribution in [2.45, 2.75) is 59.0 Å². The lowest BCUT2D eigenvalue weighted by Gasteiger charge is -2.29. The van der Waals surface area contributed by atoms with Crippen molar-refractivity contribution in [3.8, 4) is 5.75 Å². The third kappa shape index (κ3) is 4.57. The Morgan fingerprint density at radius 2 is 2.00 bits per heavy atom. The van der Waals surface area contributed by atoms with E-state index in [0.29, 0.717) is 19.0 Å². The first-order valence-corrected chi connectivity index (χ1v) is 8.26. The van der Waals surface area contributed by atoms with E-state index in [1.807, 2.05) is 39.8 Å². The fourth-order valence-electron chi connectivity index (χ4n) is 3.31. The Morgan fingerprint density at radius 3 is 2.58 bits per heavy atom. The zero-order chi connectivity index (χ0) is 17.9. The van der Waals surface area contributed by atoms with Gasteiger partial charge in [-0.25, -0.2) is 0 Å². The quantitative estimate of drug-likeness (QED) is 0.611. The number of aryl methyl sites for hydroxylation is 2. The van der Waals surface area contributed by atoms with Gasteiger partial charge in [-0.3, -0.25) is 9.59 Å². The number of carbonyl (C=O) groups excluding carboxylic acids is 2. The molecular formula is C19H26O5. The van der Waals surface area contributed by atoms with Crippen LogP contribution in [0.4, 0.5) is 0 Å². The van der Waals surface area contributed by atoms with Crippen LogP contribution in [0.3, 0.4) is 0 Å². The first-order valence-electron chi connectivity index (χ1n) is 8.26. The van der Waals surface area contributed by atoms with Crippen LogP contribution in [-0.4, -0.2) is 31.3 Å². The zero-order valence-electron chi connectivity index (χ0n) is 15.1. The van der Waals surface area contributed by atoms with Crippen LogP contribution in [0.1, 0.15) is 50.3 Å². The average molecular weight is 334 g/mol. The number of ether oxygens (including phenoxy) is 3. The summed E-state index contributed by atoms with van der Waals surface area (Å²) in [6.07, 6.45) is 0.802. The van der Waals surface area contributed by atoms with Crippen molar-refractivity contribution in [1.29, 1.82) is 0 Å². The number of hydrogen-bond donors (Lipinski definition) is 0. The number of carbonyl (C=O) groups is 2. The molecule has 0 N–H and O–H groups in total. The molecule has 5 nitrogen and oxygen atoms in total. The van der Waals surface area contributed by atoms with Gasteiger partial charge in [0.15, 0.2) is 0 Å². The molecule has 0 saturated carbocycles. The van der Waals surface area contributed by atoms with Crippen LogP contribution in [0.5, 0.6) is 5.75 Å². The molecule has 1 saturated heterocycles. The molecule has 24 heavy (non-hydrogen) atoms. The first kappa shape index (κ1) is 18.5. The molecule has 5 heteroatoms. The molecule has 0 aromatic heterocycles. The summed E-state index contributed by atoms with van der Waals surface area (Å²) in [5.74, 6) is -0.117. The second-order valence-corrected chi connectivity index (χ2v) is 7.08. The molecule has 1 fully saturated rings. The minimum atomic E-state index is -0.515. The van der Waals surface area contributed by atoms with Crippen molar-refractivity contribution in [3.63, 3.8) is 0 Å². The lowest BCUT2D eigenvalue weighted by Crippen LogP contribution is -2.28. The Labute approximate surface area is 143 Å². The van der Waals surface area contributed by atoms with E-state index in [1.54, 1.807) is 0 Å². The summed E-state index contributed by atoms with van der Waals surface area (Å²) < 4.78 is 16.1. The molecule has 1 aliphatic rings. The van der Waals surface area contributed by atoms with Gasteiger partial charge in [-0.05, 0) is 31.0 Å². The highest BCUT2D eigenvalue weighted by atomic mass is 16.6. The predicted molar refractivity (Wildman–Crippen MR) is 90.2 cm³/mol. The standard InChI is InChI=1S/C19H26O5/c1-12-8-13(2)18(16(9-12)23-14(3)20)19(4,5)10-17(21)24-15-6-7-22-11-15/h8-9,15H,6-7,10-11H2,1-5H3. The van der Waals surface area contributed by atoms with Gasteiger partial charge in [0, 0.05) is 24.3 Å². The summed E-state index contributed by atoms with van der Waals surface area (Å²) in [6, 6.07) is 3.86. The zero-order valence-corrected chi connectivity index (χ0v) is 15.1. The topological polar surface area (TPSA) is 61.8 Å². The van der Waals surface area contributed by atoms with Crippen molar-refractivity contribution < 1.29 is 23.8 Å². The van der Waals surface area contributed by atoms with E-state index in [9.17, 15) is 9.59 Å². The molecule has 132 valence electrons. The van der Waals surface area contributed by atoms with Crippen LogP contribution in [0, 0.1) is 13.8 Å². The van der Waals surface area contributed by atoms with Crippen molar-refractivity contribution in [1.82, 2.24) is 0 Å². The average Bonchev–Trinajstić information content (AvgIpc) is 2.88. The summed E-state index contributed by atoms with van der Waals surface area (Å²) in [4.78, 5) is 23.8. The highest BCUT2D eigenvalue weighted by Crippen LogP contribution is 2.38. The minimum absolute atomic E-state index is 0.152. The van der Waals surface area contributed by atoms with Gasteiger partial charge in [0.2, 0.25) is 0 Å². The van der Waals surface area contributed by atoms with Gasteiger partial charge in [-0.2, -0.15) is 0 Å². The van der Waals surface area contributed by atoms with Crippen molar-refractivity contribution in [2.24, 2.45) is 0 Å². The van der Waals surface area contributed by atoms with Gasteiger partial charge in [0.1, 0.15) is 11.9 Å². The lowest BCUT2D eigenvalue weighted by molar-refractivity contribution is -0.150. The summed E-state index contributed by atoms with van der Waals surface area (Å²) in [6.45, 7) is 10.3. The fraction of sp³-hybridized carbons (Fsp3) is 0.579. The second kappa shape index (κ2) is 7.34. The molecular weight excluding hydrogens is 308 g/mol. The van der Waals surface area contributed by atoms with Crippen LogP contribution in [0.25, 0.3) is 0 Å². The maximum atomic E-state index is 12.3. The normalized spacial score (nSPS) is 17.6. The van der Waals surface area contributed by atoms with E-state index >= 15 is 0 Å². The Morgan fingerprint density at radius 1 is 1.29 bits per heavy atom. The number of hydrogen-bond acceptors (Lipinski definition) is 5. The largest absolute Gasteiger partial charge is 0.460 e. The maximum Gasteiger partial charge on any atom is 0.308 e. The summed E-state index contributed by atoms with van der Waals surface area (Å²) >= 11 is 0. The molecule has 0 radical (unpaired) electrons. The van der Waals surface area contributed by atoms with Gasteiger partial charge in [-0.15, -0.1) is 0 Å². The molecule has 1 aliphatic heterocycles. The summed E-state index contributed by atoms with van der Waals surface area (Å²) in [5.41, 5.74) is 2.35. The SMILES string of the molecule is CC(=O)Oc1cc(C)cc(C)c1C(C)(C)CC(=O)OC1CCOC1. The Kier molecular flexibility index (Phi) is 5.65. The Balaban J connectivity index is 2.23. The van der Waals surface area contributed by atoms with Crippen LogP contribution >= 0.6 is 0 Å². The first-order chi connectivity index (χ1) is 11.2. The van der Waals surface area contributed by atoms with Crippen molar-refractivity contribution >= 4 is 11.9 Å². The van der Waals surface area contributed by atoms with E-state index in [-0.39, 0.29) is 24.5 Å². The van der Waals surface area contributed by atoms with Crippen LogP contribution < -0.4 is 4.74 Å². The van der Waals surface area contributed by atoms with Gasteiger partial charge in [-0.1, -0.05) is 19.9 Å². The number of esters is 2. The Bertz CT molecular complexity index is 627. The molecule has 2 rings (SSSR count). The van der Waals surface area contributed by atoms with E-state index in [1.165, 1.54) is 6.92 Å². The molecule has 1 unspecified atom stereocenters. The van der Waals surface area contributed by atoms with Gasteiger partial charge < -0.3 is 14.2 Å². The third-order valence-corrected chi connectivity index (χ3v) is 4.15. The third-order valence-electron chi connectivity index (χ3n) is 4.15. The maximum absolute atomic E-state index is 12.3. The smallest absolute Gasteiger partial charge is 0.308 e. The molecule has 1 aromatic carbocycles. The number of benzene rings is 1. The van der Waals surface area contributed by atoms with Crippen LogP contribution in [0.2, 0.25) is 0 Å². The van der Waals surface area contributed by atoms with Crippen LogP contribution in [0.15, 0.2) is 12.1 Å². The molecule has 1 heterocycles. The summed E-state index contributed by atoms with van der Waals surface area (Å²) in [5, 5.41) is 0. The lowest BCUT2D eigenvalue weighted by atomic mass is 9.78. The molecule has 0 aliphatic carbocycles. The van der Waals surface area contributed by atoms with E-state index in [2.05, 4.69) is 0 Å². The van der Waals surface area contributed by atoms with E-state index in [0.717, 1.165) is 23.1 Å². The molecule has 1 atom stereocenters. The molecule has 0 bridgehead atoms. The van der Waals surface area contributed by atoms with Gasteiger partial charge in [0.05, 0.1) is 19.6 Å². The van der Waals surface area contributed by atoms with E-state index < -0.39 is 5.41 Å². The highest BCUT2D eigenvalue weighted by molar-refractivity contribution is 5.73. The van der Waals surface area contributed by atoms with Crippen LogP contribution in [-0.2, 0) is 24.5 Å². The fourth-order valence-corrected chi connectivity index (χ4v) is 3.31. The van der Waals surface area contributed by atoms with E-state index in [4.69, 9.17) is 14.2 Å². The highest BCUT2D eigenvalue weighted by Gasteiger charge is 2.32. The molecule has 1 aromatic rings. The van der Waals surface area contributed by atoms with Crippen molar-refractivity contribution in [2.75, 3.05) is 13.2 Å². The second-order valence-electron chi connectivity index (χ2n) is 7.08. The van der Waals surface area contributed by atoms with Gasteiger partial charge in [0.25, 0.3) is 0 Å². The van der Waals surface area contributed by atoms with Crippen molar-refractivity contribution in [3.05, 3.63) is 28.8 Å².